The number of amides is 1. The van der Waals surface area contributed by atoms with Crippen molar-refractivity contribution >= 4 is 35.8 Å². The Kier molecular flexibility index (Phi) is 10.7. The smallest absolute Gasteiger partial charge is 0.223 e. The summed E-state index contributed by atoms with van der Waals surface area (Å²) in [6.07, 6.45) is 4.84. The second-order valence-electron chi connectivity index (χ2n) is 9.33. The van der Waals surface area contributed by atoms with Crippen molar-refractivity contribution in [2.75, 3.05) is 45.9 Å². The summed E-state index contributed by atoms with van der Waals surface area (Å²) in [6, 6.07) is 8.80. The molecule has 4 rings (SSSR count). The number of carbonyl (C=O) groups is 1. The van der Waals surface area contributed by atoms with Crippen molar-refractivity contribution in [3.8, 4) is 0 Å². The van der Waals surface area contributed by atoms with Crippen LogP contribution in [0.25, 0.3) is 0 Å². The quantitative estimate of drug-likeness (QED) is 0.218. The standard InChI is InChI=1S/C25H39N5O2.HI/c1-2-26-25(28-23-9-13-29(14-10-23)16-20-11-15-32-19-20)27-12-5-8-24(31)30-17-21-6-3-4-7-22(21)18-30;/h3-4,6-7,20,23H,2,5,8-19H2,1H3,(H2,26,27,28);1H. The number of piperidine rings is 1. The first-order valence-electron chi connectivity index (χ1n) is 12.4. The summed E-state index contributed by atoms with van der Waals surface area (Å²) in [6.45, 7) is 10.4. The van der Waals surface area contributed by atoms with E-state index < -0.39 is 0 Å². The minimum absolute atomic E-state index is 0. The van der Waals surface area contributed by atoms with E-state index in [0.717, 1.165) is 77.1 Å². The van der Waals surface area contributed by atoms with Crippen LogP contribution < -0.4 is 10.6 Å². The molecule has 0 bridgehead atoms. The molecule has 184 valence electrons. The molecule has 8 heteroatoms. The molecule has 0 spiro atoms. The molecule has 2 N–H and O–H groups in total. The highest BCUT2D eigenvalue weighted by molar-refractivity contribution is 14.0. The predicted molar refractivity (Wildman–Crippen MR) is 143 cm³/mol. The van der Waals surface area contributed by atoms with Gasteiger partial charge in [-0.05, 0) is 49.7 Å². The van der Waals surface area contributed by atoms with Crippen molar-refractivity contribution in [2.24, 2.45) is 10.9 Å². The fourth-order valence-corrected chi connectivity index (χ4v) is 4.95. The van der Waals surface area contributed by atoms with Crippen LogP contribution in [-0.2, 0) is 22.6 Å². The van der Waals surface area contributed by atoms with Gasteiger partial charge in [-0.2, -0.15) is 0 Å². The van der Waals surface area contributed by atoms with E-state index in [0.29, 0.717) is 19.0 Å². The molecular weight excluding hydrogens is 529 g/mol. The largest absolute Gasteiger partial charge is 0.381 e. The average molecular weight is 570 g/mol. The zero-order chi connectivity index (χ0) is 22.2. The number of hydrogen-bond donors (Lipinski definition) is 2. The minimum Gasteiger partial charge on any atom is -0.381 e. The van der Waals surface area contributed by atoms with Gasteiger partial charge in [0.25, 0.3) is 0 Å². The van der Waals surface area contributed by atoms with Crippen LogP contribution in [0.15, 0.2) is 29.3 Å². The molecule has 3 heterocycles. The highest BCUT2D eigenvalue weighted by atomic mass is 127. The summed E-state index contributed by atoms with van der Waals surface area (Å²) in [4.78, 5) is 21.9. The van der Waals surface area contributed by atoms with Crippen molar-refractivity contribution in [1.82, 2.24) is 20.4 Å². The lowest BCUT2D eigenvalue weighted by atomic mass is 10.0. The summed E-state index contributed by atoms with van der Waals surface area (Å²) in [5.41, 5.74) is 2.56. The zero-order valence-corrected chi connectivity index (χ0v) is 22.3. The summed E-state index contributed by atoms with van der Waals surface area (Å²) in [5, 5.41) is 6.99. The van der Waals surface area contributed by atoms with Gasteiger partial charge in [0.05, 0.1) is 6.61 Å². The first kappa shape index (κ1) is 26.2. The van der Waals surface area contributed by atoms with Crippen LogP contribution in [0, 0.1) is 5.92 Å². The van der Waals surface area contributed by atoms with E-state index in [1.165, 1.54) is 24.1 Å². The third kappa shape index (κ3) is 7.82. The third-order valence-corrected chi connectivity index (χ3v) is 6.83. The molecule has 7 nitrogen and oxygen atoms in total. The van der Waals surface area contributed by atoms with Gasteiger partial charge in [-0.1, -0.05) is 24.3 Å². The number of guanidine groups is 1. The van der Waals surface area contributed by atoms with Gasteiger partial charge in [0.2, 0.25) is 5.91 Å². The molecule has 3 aliphatic rings. The van der Waals surface area contributed by atoms with E-state index in [1.807, 2.05) is 17.0 Å². The second-order valence-corrected chi connectivity index (χ2v) is 9.33. The third-order valence-electron chi connectivity index (χ3n) is 6.83. The lowest BCUT2D eigenvalue weighted by Gasteiger charge is -2.34. The van der Waals surface area contributed by atoms with Gasteiger partial charge in [0, 0.05) is 64.9 Å². The molecule has 0 radical (unpaired) electrons. The monoisotopic (exact) mass is 569 g/mol. The van der Waals surface area contributed by atoms with Crippen LogP contribution in [-0.4, -0.2) is 73.6 Å². The summed E-state index contributed by atoms with van der Waals surface area (Å²) < 4.78 is 5.52. The summed E-state index contributed by atoms with van der Waals surface area (Å²) >= 11 is 0. The molecule has 0 saturated carbocycles. The number of rotatable bonds is 8. The second kappa shape index (κ2) is 13.5. The number of nitrogens with zero attached hydrogens (tertiary/aromatic N) is 3. The van der Waals surface area contributed by atoms with Crippen LogP contribution in [0.3, 0.4) is 0 Å². The molecule has 1 atom stereocenters. The predicted octanol–water partition coefficient (Wildman–Crippen LogP) is 2.98. The number of fused-ring (bicyclic) bond motifs is 1. The van der Waals surface area contributed by atoms with Crippen molar-refractivity contribution < 1.29 is 9.53 Å². The Hall–Kier alpha value is -1.39. The fourth-order valence-electron chi connectivity index (χ4n) is 4.95. The van der Waals surface area contributed by atoms with Crippen LogP contribution in [0.1, 0.15) is 50.2 Å². The van der Waals surface area contributed by atoms with E-state index in [-0.39, 0.29) is 29.9 Å². The van der Waals surface area contributed by atoms with E-state index in [4.69, 9.17) is 9.73 Å². The Bertz CT molecular complexity index is 751. The molecule has 0 aromatic heterocycles. The molecule has 0 aliphatic carbocycles. The first-order valence-corrected chi connectivity index (χ1v) is 12.4. The molecule has 1 aromatic carbocycles. The maximum absolute atomic E-state index is 12.6. The molecule has 33 heavy (non-hydrogen) atoms. The van der Waals surface area contributed by atoms with Crippen molar-refractivity contribution in [2.45, 2.75) is 58.2 Å². The van der Waals surface area contributed by atoms with Gasteiger partial charge in [-0.25, -0.2) is 0 Å². The Morgan fingerprint density at radius 1 is 1.15 bits per heavy atom. The van der Waals surface area contributed by atoms with Gasteiger partial charge in [-0.15, -0.1) is 24.0 Å². The number of ether oxygens (including phenoxy) is 1. The normalized spacial score (nSPS) is 21.5. The van der Waals surface area contributed by atoms with Crippen molar-refractivity contribution in [3.05, 3.63) is 35.4 Å². The van der Waals surface area contributed by atoms with Gasteiger partial charge in [0.1, 0.15) is 0 Å². The molecular formula is C25H40IN5O2. The zero-order valence-electron chi connectivity index (χ0n) is 19.9. The molecule has 3 aliphatic heterocycles. The minimum atomic E-state index is 0. The van der Waals surface area contributed by atoms with Crippen LogP contribution >= 0.6 is 24.0 Å². The first-order chi connectivity index (χ1) is 15.7. The van der Waals surface area contributed by atoms with E-state index in [2.05, 4.69) is 34.6 Å². The Balaban J connectivity index is 0.00000306. The van der Waals surface area contributed by atoms with Crippen LogP contribution in [0.5, 0.6) is 0 Å². The van der Waals surface area contributed by atoms with E-state index in [9.17, 15) is 4.79 Å². The fraction of sp³-hybridized carbons (Fsp3) is 0.680. The Morgan fingerprint density at radius 3 is 2.52 bits per heavy atom. The highest BCUT2D eigenvalue weighted by Gasteiger charge is 2.24. The number of aliphatic imine (C=N–C) groups is 1. The summed E-state index contributed by atoms with van der Waals surface area (Å²) in [5.74, 6) is 1.83. The van der Waals surface area contributed by atoms with Crippen molar-refractivity contribution in [3.63, 3.8) is 0 Å². The van der Waals surface area contributed by atoms with Gasteiger partial charge in [0.15, 0.2) is 5.96 Å². The lowest BCUT2D eigenvalue weighted by molar-refractivity contribution is -0.131. The van der Waals surface area contributed by atoms with Gasteiger partial charge < -0.3 is 25.2 Å². The lowest BCUT2D eigenvalue weighted by Crippen LogP contribution is -2.49. The number of benzene rings is 1. The Labute approximate surface area is 215 Å². The molecule has 1 aromatic rings. The molecule has 1 unspecified atom stereocenters. The van der Waals surface area contributed by atoms with Crippen molar-refractivity contribution in [1.29, 1.82) is 0 Å². The number of likely N-dealkylation sites (tertiary alicyclic amines) is 1. The topological polar surface area (TPSA) is 69.2 Å². The molecule has 1 amide bonds. The average Bonchev–Trinajstić information content (AvgIpc) is 3.47. The van der Waals surface area contributed by atoms with E-state index in [1.54, 1.807) is 0 Å². The van der Waals surface area contributed by atoms with Gasteiger partial charge in [-0.3, -0.25) is 9.79 Å². The van der Waals surface area contributed by atoms with Gasteiger partial charge >= 0.3 is 0 Å². The highest BCUT2D eigenvalue weighted by Crippen LogP contribution is 2.23. The van der Waals surface area contributed by atoms with Crippen LogP contribution in [0.4, 0.5) is 0 Å². The molecule has 2 saturated heterocycles. The SMILES string of the molecule is CCNC(=NCCCC(=O)N1Cc2ccccc2C1)NC1CCN(CC2CCOC2)CC1.I. The number of halogens is 1. The Morgan fingerprint density at radius 2 is 1.88 bits per heavy atom. The summed E-state index contributed by atoms with van der Waals surface area (Å²) in [7, 11) is 0. The maximum Gasteiger partial charge on any atom is 0.223 e. The number of nitrogens with one attached hydrogen (secondary N) is 2. The van der Waals surface area contributed by atoms with Crippen LogP contribution in [0.2, 0.25) is 0 Å². The molecule has 2 fully saturated rings. The number of carbonyl (C=O) groups excluding carboxylic acids is 1. The maximum atomic E-state index is 12.6. The van der Waals surface area contributed by atoms with E-state index >= 15 is 0 Å². The number of hydrogen-bond acceptors (Lipinski definition) is 4.